The Morgan fingerprint density at radius 2 is 1.95 bits per heavy atom. The summed E-state index contributed by atoms with van der Waals surface area (Å²) in [5.41, 5.74) is 4.33. The largest absolute Gasteiger partial charge is 0.416 e. The van der Waals surface area contributed by atoms with Crippen LogP contribution in [-0.4, -0.2) is 19.1 Å². The van der Waals surface area contributed by atoms with Crippen molar-refractivity contribution in [3.8, 4) is 0 Å². The summed E-state index contributed by atoms with van der Waals surface area (Å²) < 4.78 is 37.6. The summed E-state index contributed by atoms with van der Waals surface area (Å²) in [5, 5.41) is 4.83. The first-order valence-corrected chi connectivity index (χ1v) is 6.34. The van der Waals surface area contributed by atoms with Crippen LogP contribution in [0.1, 0.15) is 18.4 Å². The van der Waals surface area contributed by atoms with E-state index < -0.39 is 17.8 Å². The summed E-state index contributed by atoms with van der Waals surface area (Å²) in [6.45, 7) is 0.905. The van der Waals surface area contributed by atoms with Gasteiger partial charge in [0.15, 0.2) is 0 Å². The zero-order valence-corrected chi connectivity index (χ0v) is 12.5. The molecule has 4 nitrogen and oxygen atoms in total. The molecule has 0 aromatic heterocycles. The molecule has 0 heterocycles. The van der Waals surface area contributed by atoms with E-state index in [4.69, 9.17) is 17.3 Å². The average molecular weight is 346 g/mol. The molecule has 0 spiro atoms. The number of hydrogen-bond acceptors (Lipinski definition) is 2. The van der Waals surface area contributed by atoms with Crippen LogP contribution < -0.4 is 16.4 Å². The summed E-state index contributed by atoms with van der Waals surface area (Å²) in [6, 6.07) is 2.13. The highest BCUT2D eigenvalue weighted by Crippen LogP contribution is 2.33. The van der Waals surface area contributed by atoms with Gasteiger partial charge in [-0.05, 0) is 37.6 Å². The number of benzene rings is 1. The highest BCUT2D eigenvalue weighted by molar-refractivity contribution is 6.33. The highest BCUT2D eigenvalue weighted by atomic mass is 35.5. The Morgan fingerprint density at radius 3 is 2.52 bits per heavy atom. The predicted molar refractivity (Wildman–Crippen MR) is 79.0 cm³/mol. The van der Waals surface area contributed by atoms with Crippen LogP contribution in [0.15, 0.2) is 18.2 Å². The molecule has 0 saturated carbocycles. The van der Waals surface area contributed by atoms with E-state index in [1.807, 2.05) is 0 Å². The standard InChI is InChI=1S/C12H15ClF3N3O.ClH/c13-9-4-3-8(12(14,15)16)7-10(9)19-11(20)18-6-2-1-5-17;/h3-4,7H,1-2,5-6,17H2,(H2,18,19,20);1H. The number of unbranched alkanes of at least 4 members (excludes halogenated alkanes) is 1. The second-order valence-corrected chi connectivity index (χ2v) is 4.48. The number of urea groups is 1. The van der Waals surface area contributed by atoms with E-state index in [1.165, 1.54) is 0 Å². The van der Waals surface area contributed by atoms with Crippen molar-refractivity contribution in [3.05, 3.63) is 28.8 Å². The van der Waals surface area contributed by atoms with Crippen LogP contribution in [0.2, 0.25) is 5.02 Å². The molecule has 9 heteroatoms. The predicted octanol–water partition coefficient (Wildman–Crippen LogP) is 3.64. The van der Waals surface area contributed by atoms with Gasteiger partial charge in [-0.15, -0.1) is 12.4 Å². The highest BCUT2D eigenvalue weighted by Gasteiger charge is 2.31. The third kappa shape index (κ3) is 6.88. The molecule has 0 fully saturated rings. The summed E-state index contributed by atoms with van der Waals surface area (Å²) in [4.78, 5) is 11.5. The minimum atomic E-state index is -4.49. The van der Waals surface area contributed by atoms with Gasteiger partial charge in [0.1, 0.15) is 0 Å². The van der Waals surface area contributed by atoms with Crippen molar-refractivity contribution in [2.24, 2.45) is 5.73 Å². The van der Waals surface area contributed by atoms with Crippen molar-refractivity contribution >= 4 is 35.7 Å². The molecule has 1 aromatic rings. The Balaban J connectivity index is 0.00000400. The molecule has 1 aromatic carbocycles. The van der Waals surface area contributed by atoms with Crippen molar-refractivity contribution in [1.82, 2.24) is 5.32 Å². The minimum absolute atomic E-state index is 0. The normalized spacial score (nSPS) is 10.7. The lowest BCUT2D eigenvalue weighted by Crippen LogP contribution is -2.30. The van der Waals surface area contributed by atoms with E-state index in [0.717, 1.165) is 24.6 Å². The van der Waals surface area contributed by atoms with Crippen LogP contribution in [0.5, 0.6) is 0 Å². The van der Waals surface area contributed by atoms with Gasteiger partial charge < -0.3 is 16.4 Å². The molecule has 0 aliphatic rings. The van der Waals surface area contributed by atoms with Gasteiger partial charge in [0.25, 0.3) is 0 Å². The van der Waals surface area contributed by atoms with E-state index in [-0.39, 0.29) is 23.1 Å². The third-order valence-electron chi connectivity index (χ3n) is 2.46. The van der Waals surface area contributed by atoms with Crippen LogP contribution in [-0.2, 0) is 6.18 Å². The molecule has 0 atom stereocenters. The Morgan fingerprint density at radius 1 is 1.29 bits per heavy atom. The Hall–Kier alpha value is -1.18. The van der Waals surface area contributed by atoms with Crippen LogP contribution in [0.4, 0.5) is 23.7 Å². The third-order valence-corrected chi connectivity index (χ3v) is 2.79. The number of nitrogens with one attached hydrogen (secondary N) is 2. The molecule has 1 rings (SSSR count). The molecule has 0 aliphatic carbocycles. The molecule has 0 bridgehead atoms. The van der Waals surface area contributed by atoms with E-state index in [9.17, 15) is 18.0 Å². The number of nitrogens with two attached hydrogens (primary N) is 1. The lowest BCUT2D eigenvalue weighted by atomic mass is 10.2. The number of halogens is 5. The first kappa shape index (κ1) is 19.8. The summed E-state index contributed by atoms with van der Waals surface area (Å²) in [6.07, 6.45) is -3.04. The van der Waals surface area contributed by atoms with Crippen molar-refractivity contribution in [2.75, 3.05) is 18.4 Å². The van der Waals surface area contributed by atoms with Crippen LogP contribution in [0.3, 0.4) is 0 Å². The Bertz CT molecular complexity index is 470. The molecule has 2 amide bonds. The maximum absolute atomic E-state index is 12.5. The van der Waals surface area contributed by atoms with E-state index >= 15 is 0 Å². The number of anilines is 1. The molecule has 0 aliphatic heterocycles. The lowest BCUT2D eigenvalue weighted by Gasteiger charge is -2.12. The van der Waals surface area contributed by atoms with E-state index in [2.05, 4.69) is 10.6 Å². The molecular formula is C12H16Cl2F3N3O. The molecule has 120 valence electrons. The monoisotopic (exact) mass is 345 g/mol. The fraction of sp³-hybridized carbons (Fsp3) is 0.417. The second kappa shape index (κ2) is 8.96. The van der Waals surface area contributed by atoms with Gasteiger partial charge in [0.2, 0.25) is 0 Å². The Kier molecular flexibility index (Phi) is 8.46. The average Bonchev–Trinajstić information content (AvgIpc) is 2.36. The number of alkyl halides is 3. The fourth-order valence-electron chi connectivity index (χ4n) is 1.44. The number of hydrogen-bond donors (Lipinski definition) is 3. The van der Waals surface area contributed by atoms with Crippen LogP contribution in [0.25, 0.3) is 0 Å². The van der Waals surface area contributed by atoms with Gasteiger partial charge in [-0.2, -0.15) is 13.2 Å². The minimum Gasteiger partial charge on any atom is -0.338 e. The molecule has 0 saturated heterocycles. The number of carbonyl (C=O) groups is 1. The van der Waals surface area contributed by atoms with Gasteiger partial charge >= 0.3 is 12.2 Å². The first-order valence-electron chi connectivity index (χ1n) is 5.96. The van der Waals surface area contributed by atoms with Gasteiger partial charge in [-0.3, -0.25) is 0 Å². The number of rotatable bonds is 5. The van der Waals surface area contributed by atoms with E-state index in [0.29, 0.717) is 19.5 Å². The van der Waals surface area contributed by atoms with Gasteiger partial charge in [0.05, 0.1) is 16.3 Å². The number of amides is 2. The fourth-order valence-corrected chi connectivity index (χ4v) is 1.60. The maximum atomic E-state index is 12.5. The second-order valence-electron chi connectivity index (χ2n) is 4.07. The quantitative estimate of drug-likeness (QED) is 0.713. The van der Waals surface area contributed by atoms with Gasteiger partial charge in [0, 0.05) is 6.54 Å². The summed E-state index contributed by atoms with van der Waals surface area (Å²) in [7, 11) is 0. The number of carbonyl (C=O) groups excluding carboxylic acids is 1. The maximum Gasteiger partial charge on any atom is 0.416 e. The zero-order chi connectivity index (χ0) is 15.2. The molecule has 0 radical (unpaired) electrons. The summed E-state index contributed by atoms with van der Waals surface area (Å²) in [5.74, 6) is 0. The molecule has 4 N–H and O–H groups in total. The van der Waals surface area contributed by atoms with Gasteiger partial charge in [-0.1, -0.05) is 11.6 Å². The van der Waals surface area contributed by atoms with Crippen molar-refractivity contribution in [3.63, 3.8) is 0 Å². The van der Waals surface area contributed by atoms with Crippen LogP contribution >= 0.6 is 24.0 Å². The van der Waals surface area contributed by atoms with E-state index in [1.54, 1.807) is 0 Å². The zero-order valence-electron chi connectivity index (χ0n) is 11.0. The van der Waals surface area contributed by atoms with Gasteiger partial charge in [-0.25, -0.2) is 4.79 Å². The van der Waals surface area contributed by atoms with Crippen LogP contribution in [0, 0.1) is 0 Å². The Labute approximate surface area is 131 Å². The molecule has 21 heavy (non-hydrogen) atoms. The lowest BCUT2D eigenvalue weighted by molar-refractivity contribution is -0.137. The first-order chi connectivity index (χ1) is 9.34. The molecular weight excluding hydrogens is 330 g/mol. The smallest absolute Gasteiger partial charge is 0.338 e. The van der Waals surface area contributed by atoms with Crippen molar-refractivity contribution in [1.29, 1.82) is 0 Å². The topological polar surface area (TPSA) is 67.1 Å². The molecule has 0 unspecified atom stereocenters. The SMILES string of the molecule is Cl.NCCCCNC(=O)Nc1cc(C(F)(F)F)ccc1Cl. The summed E-state index contributed by atoms with van der Waals surface area (Å²) >= 11 is 5.75. The van der Waals surface area contributed by atoms with Crippen molar-refractivity contribution < 1.29 is 18.0 Å². The van der Waals surface area contributed by atoms with Crippen molar-refractivity contribution in [2.45, 2.75) is 19.0 Å².